The van der Waals surface area contributed by atoms with Gasteiger partial charge in [-0.1, -0.05) is 37.3 Å². The van der Waals surface area contributed by atoms with E-state index in [1.807, 2.05) is 11.6 Å². The summed E-state index contributed by atoms with van der Waals surface area (Å²) in [7, 11) is 0. The molecule has 2 N–H and O–H groups in total. The molecule has 1 fully saturated rings. The largest absolute Gasteiger partial charge is 0.317 e. The molecule has 2 aromatic heterocycles. The lowest BCUT2D eigenvalue weighted by molar-refractivity contribution is 0.102. The fourth-order valence-electron chi connectivity index (χ4n) is 2.68. The predicted molar refractivity (Wildman–Crippen MR) is 99.7 cm³/mol. The lowest BCUT2D eigenvalue weighted by atomic mass is 9.98. The molecule has 0 radical (unpaired) electrons. The summed E-state index contributed by atoms with van der Waals surface area (Å²) in [5, 5.41) is 23.9. The first kappa shape index (κ1) is 19.7. The maximum atomic E-state index is 12.5. The van der Waals surface area contributed by atoms with Crippen LogP contribution in [0.2, 0.25) is 0 Å². The third-order valence-electron chi connectivity index (χ3n) is 4.08. The Kier molecular flexibility index (Phi) is 6.12. The predicted octanol–water partition coefficient (Wildman–Crippen LogP) is 2.33. The molecule has 0 spiro atoms. The van der Waals surface area contributed by atoms with Crippen LogP contribution in [0, 0.1) is 6.92 Å². The molecule has 8 nitrogen and oxygen atoms in total. The van der Waals surface area contributed by atoms with Crippen LogP contribution in [-0.4, -0.2) is 44.2 Å². The van der Waals surface area contributed by atoms with Gasteiger partial charge in [0.2, 0.25) is 5.13 Å². The molecular formula is C15H24ClN7OS. The van der Waals surface area contributed by atoms with E-state index in [4.69, 9.17) is 0 Å². The molecule has 1 saturated heterocycles. The van der Waals surface area contributed by atoms with Crippen LogP contribution >= 0.6 is 23.7 Å². The Bertz CT molecular complexity index is 731. The molecule has 1 aliphatic rings. The molecule has 0 aliphatic carbocycles. The number of carbonyl (C=O) groups excluding carboxylic acids is 1. The van der Waals surface area contributed by atoms with Crippen molar-refractivity contribution in [3.05, 3.63) is 16.4 Å². The molecule has 0 bridgehead atoms. The highest BCUT2D eigenvalue weighted by Crippen LogP contribution is 2.28. The zero-order valence-electron chi connectivity index (χ0n) is 14.9. The van der Waals surface area contributed by atoms with Crippen LogP contribution in [0.5, 0.6) is 0 Å². The van der Waals surface area contributed by atoms with Gasteiger partial charge in [0, 0.05) is 5.41 Å². The van der Waals surface area contributed by atoms with Crippen LogP contribution in [-0.2, 0) is 5.41 Å². The van der Waals surface area contributed by atoms with Crippen LogP contribution in [0.1, 0.15) is 60.8 Å². The van der Waals surface area contributed by atoms with Crippen LogP contribution < -0.4 is 10.6 Å². The first-order chi connectivity index (χ1) is 11.4. The number of carbonyl (C=O) groups is 1. The van der Waals surface area contributed by atoms with Crippen LogP contribution in [0.4, 0.5) is 5.13 Å². The molecule has 0 unspecified atom stereocenters. The van der Waals surface area contributed by atoms with Gasteiger partial charge in [-0.25, -0.2) is 4.68 Å². The van der Waals surface area contributed by atoms with Crippen LogP contribution in [0.3, 0.4) is 0 Å². The van der Waals surface area contributed by atoms with Crippen molar-refractivity contribution in [3.63, 3.8) is 0 Å². The summed E-state index contributed by atoms with van der Waals surface area (Å²) in [4.78, 5) is 12.5. The molecule has 3 heterocycles. The second kappa shape index (κ2) is 7.76. The van der Waals surface area contributed by atoms with Gasteiger partial charge in [-0.3, -0.25) is 10.1 Å². The first-order valence-electron chi connectivity index (χ1n) is 8.14. The Labute approximate surface area is 157 Å². The second-order valence-corrected chi connectivity index (χ2v) is 8.04. The maximum absolute atomic E-state index is 12.5. The maximum Gasteiger partial charge on any atom is 0.279 e. The smallest absolute Gasteiger partial charge is 0.279 e. The highest BCUT2D eigenvalue weighted by molar-refractivity contribution is 7.15. The van der Waals surface area contributed by atoms with Crippen molar-refractivity contribution < 1.29 is 4.79 Å². The van der Waals surface area contributed by atoms with E-state index in [0.717, 1.165) is 36.6 Å². The van der Waals surface area contributed by atoms with Crippen molar-refractivity contribution in [2.24, 2.45) is 0 Å². The number of aromatic nitrogens is 5. The fraction of sp³-hybridized carbons (Fsp3) is 0.667. The monoisotopic (exact) mass is 385 g/mol. The van der Waals surface area contributed by atoms with Gasteiger partial charge in [-0.05, 0) is 32.9 Å². The number of piperidine rings is 1. The van der Waals surface area contributed by atoms with Gasteiger partial charge in [0.05, 0.1) is 11.7 Å². The summed E-state index contributed by atoms with van der Waals surface area (Å²) in [6, 6.07) is 0.300. The average Bonchev–Trinajstić information content (AvgIpc) is 3.14. The highest BCUT2D eigenvalue weighted by atomic mass is 35.5. The summed E-state index contributed by atoms with van der Waals surface area (Å²) >= 11 is 1.39. The summed E-state index contributed by atoms with van der Waals surface area (Å²) in [5.41, 5.74) is 1.05. The van der Waals surface area contributed by atoms with Crippen LogP contribution in [0.25, 0.3) is 0 Å². The average molecular weight is 386 g/mol. The third kappa shape index (κ3) is 4.34. The number of amides is 1. The van der Waals surface area contributed by atoms with E-state index in [2.05, 4.69) is 51.9 Å². The normalized spacial score (nSPS) is 15.7. The minimum absolute atomic E-state index is 0. The van der Waals surface area contributed by atoms with Crippen molar-refractivity contribution in [3.8, 4) is 0 Å². The lowest BCUT2D eigenvalue weighted by Gasteiger charge is -2.23. The minimum atomic E-state index is -0.288. The van der Waals surface area contributed by atoms with Gasteiger partial charge in [0.1, 0.15) is 5.01 Å². The Morgan fingerprint density at radius 1 is 1.24 bits per heavy atom. The Hall–Kier alpha value is -1.58. The van der Waals surface area contributed by atoms with Gasteiger partial charge >= 0.3 is 0 Å². The Balaban J connectivity index is 0.00000225. The number of anilines is 1. The van der Waals surface area contributed by atoms with E-state index in [-0.39, 0.29) is 23.7 Å². The van der Waals surface area contributed by atoms with Crippen molar-refractivity contribution in [2.45, 2.75) is 52.0 Å². The molecule has 0 atom stereocenters. The molecule has 2 aromatic rings. The van der Waals surface area contributed by atoms with Gasteiger partial charge in [0.15, 0.2) is 5.69 Å². The molecule has 25 heavy (non-hydrogen) atoms. The summed E-state index contributed by atoms with van der Waals surface area (Å²) in [6.45, 7) is 10.0. The first-order valence-corrected chi connectivity index (χ1v) is 8.96. The standard InChI is InChI=1S/C15H23N7OS.ClH/c1-9-11(18-21-22(9)10-5-7-16-8-6-10)12(23)17-14-20-19-13(24-14)15(2,3)4;/h10,16H,5-8H2,1-4H3,(H,17,20,23);1H. The Morgan fingerprint density at radius 2 is 1.92 bits per heavy atom. The molecule has 1 aliphatic heterocycles. The summed E-state index contributed by atoms with van der Waals surface area (Å²) in [5.74, 6) is -0.288. The van der Waals surface area contributed by atoms with Gasteiger partial charge in [-0.2, -0.15) is 0 Å². The summed E-state index contributed by atoms with van der Waals surface area (Å²) in [6.07, 6.45) is 1.99. The molecule has 1 amide bonds. The minimum Gasteiger partial charge on any atom is -0.317 e. The number of nitrogens with one attached hydrogen (secondary N) is 2. The summed E-state index contributed by atoms with van der Waals surface area (Å²) < 4.78 is 1.87. The van der Waals surface area contributed by atoms with Gasteiger partial charge in [0.25, 0.3) is 5.91 Å². The number of rotatable bonds is 3. The van der Waals surface area contributed by atoms with E-state index in [9.17, 15) is 4.79 Å². The zero-order chi connectivity index (χ0) is 17.3. The van der Waals surface area contributed by atoms with E-state index in [1.165, 1.54) is 11.3 Å². The fourth-order valence-corrected chi connectivity index (χ4v) is 3.48. The van der Waals surface area contributed by atoms with Gasteiger partial charge < -0.3 is 5.32 Å². The second-order valence-electron chi connectivity index (χ2n) is 7.07. The van der Waals surface area contributed by atoms with Crippen molar-refractivity contribution in [1.29, 1.82) is 0 Å². The molecule has 138 valence electrons. The molecule has 0 aromatic carbocycles. The van der Waals surface area contributed by atoms with Crippen molar-refractivity contribution in [2.75, 3.05) is 18.4 Å². The molecule has 10 heteroatoms. The number of nitrogens with zero attached hydrogens (tertiary/aromatic N) is 5. The highest BCUT2D eigenvalue weighted by Gasteiger charge is 2.24. The van der Waals surface area contributed by atoms with Gasteiger partial charge in [-0.15, -0.1) is 27.7 Å². The number of hydrogen-bond donors (Lipinski definition) is 2. The SMILES string of the molecule is Cc1c(C(=O)Nc2nnc(C(C)(C)C)s2)nnn1C1CCNCC1.Cl. The van der Waals surface area contributed by atoms with E-state index >= 15 is 0 Å². The van der Waals surface area contributed by atoms with E-state index in [0.29, 0.717) is 16.9 Å². The zero-order valence-corrected chi connectivity index (χ0v) is 16.5. The molecule has 3 rings (SSSR count). The third-order valence-corrected chi connectivity index (χ3v) is 5.35. The number of hydrogen-bond acceptors (Lipinski definition) is 7. The number of halogens is 1. The van der Waals surface area contributed by atoms with E-state index in [1.54, 1.807) is 0 Å². The van der Waals surface area contributed by atoms with Crippen molar-refractivity contribution in [1.82, 2.24) is 30.5 Å². The Morgan fingerprint density at radius 3 is 2.52 bits per heavy atom. The molecule has 0 saturated carbocycles. The topological polar surface area (TPSA) is 97.6 Å². The quantitative estimate of drug-likeness (QED) is 0.841. The van der Waals surface area contributed by atoms with Crippen LogP contribution in [0.15, 0.2) is 0 Å². The van der Waals surface area contributed by atoms with E-state index < -0.39 is 0 Å². The molecular weight excluding hydrogens is 362 g/mol. The van der Waals surface area contributed by atoms with Crippen molar-refractivity contribution >= 4 is 34.8 Å². The lowest BCUT2D eigenvalue weighted by Crippen LogP contribution is -2.30.